The van der Waals surface area contributed by atoms with Crippen molar-refractivity contribution in [2.24, 2.45) is 10.9 Å². The molecular formula is C14H21N3O3S. The van der Waals surface area contributed by atoms with E-state index in [1.807, 2.05) is 13.0 Å². The van der Waals surface area contributed by atoms with Crippen LogP contribution in [0.15, 0.2) is 28.3 Å². The van der Waals surface area contributed by atoms with Crippen LogP contribution in [-0.2, 0) is 10.0 Å². The SMILES string of the molecule is Cc1ccc(C)c(S(=O)(=O)N2CCCCC2C(N)=NO)c1. The standard InChI is InChI=1S/C14H21N3O3S/c1-10-6-7-11(2)13(9-10)21(19,20)17-8-4-3-5-12(17)14(15)16-18/h6-7,9,12,18H,3-5,8H2,1-2H3,(H2,15,16). The molecule has 1 saturated heterocycles. The van der Waals surface area contributed by atoms with Gasteiger partial charge in [0, 0.05) is 6.54 Å². The highest BCUT2D eigenvalue weighted by molar-refractivity contribution is 7.89. The maximum absolute atomic E-state index is 12.9. The molecule has 0 saturated carbocycles. The lowest BCUT2D eigenvalue weighted by molar-refractivity contribution is 0.281. The van der Waals surface area contributed by atoms with Crippen molar-refractivity contribution in [3.63, 3.8) is 0 Å². The first-order chi connectivity index (χ1) is 9.87. The van der Waals surface area contributed by atoms with Gasteiger partial charge in [0.1, 0.15) is 0 Å². The summed E-state index contributed by atoms with van der Waals surface area (Å²) in [4.78, 5) is 0.292. The Labute approximate surface area is 125 Å². The summed E-state index contributed by atoms with van der Waals surface area (Å²) in [6.45, 7) is 4.01. The van der Waals surface area contributed by atoms with Crippen LogP contribution in [0.1, 0.15) is 30.4 Å². The lowest BCUT2D eigenvalue weighted by Crippen LogP contribution is -2.50. The Morgan fingerprint density at radius 1 is 1.38 bits per heavy atom. The molecule has 0 aromatic heterocycles. The van der Waals surface area contributed by atoms with Crippen molar-refractivity contribution >= 4 is 15.9 Å². The lowest BCUT2D eigenvalue weighted by Gasteiger charge is -2.34. The van der Waals surface area contributed by atoms with Crippen molar-refractivity contribution < 1.29 is 13.6 Å². The second-order valence-corrected chi connectivity index (χ2v) is 7.28. The number of sulfonamides is 1. The van der Waals surface area contributed by atoms with Gasteiger partial charge in [0.05, 0.1) is 10.9 Å². The zero-order valence-corrected chi connectivity index (χ0v) is 13.1. The van der Waals surface area contributed by atoms with Crippen LogP contribution < -0.4 is 5.73 Å². The van der Waals surface area contributed by atoms with Crippen LogP contribution in [0.5, 0.6) is 0 Å². The van der Waals surface area contributed by atoms with Crippen LogP contribution in [0.2, 0.25) is 0 Å². The first-order valence-electron chi connectivity index (χ1n) is 6.94. The van der Waals surface area contributed by atoms with Gasteiger partial charge in [-0.25, -0.2) is 8.42 Å². The van der Waals surface area contributed by atoms with Gasteiger partial charge in [-0.1, -0.05) is 23.7 Å². The average Bonchev–Trinajstić information content (AvgIpc) is 2.48. The van der Waals surface area contributed by atoms with Gasteiger partial charge in [0.2, 0.25) is 10.0 Å². The fraction of sp³-hybridized carbons (Fsp3) is 0.500. The van der Waals surface area contributed by atoms with Gasteiger partial charge in [-0.15, -0.1) is 0 Å². The molecule has 1 heterocycles. The maximum Gasteiger partial charge on any atom is 0.244 e. The Hall–Kier alpha value is -1.60. The Bertz CT molecular complexity index is 655. The molecule has 1 aromatic carbocycles. The average molecular weight is 311 g/mol. The normalized spacial score (nSPS) is 21.4. The van der Waals surface area contributed by atoms with Gasteiger partial charge in [-0.05, 0) is 43.9 Å². The van der Waals surface area contributed by atoms with E-state index in [1.165, 1.54) is 4.31 Å². The number of nitrogens with zero attached hydrogens (tertiary/aromatic N) is 2. The molecule has 1 atom stereocenters. The van der Waals surface area contributed by atoms with Gasteiger partial charge in [0.25, 0.3) is 0 Å². The predicted molar refractivity (Wildman–Crippen MR) is 80.9 cm³/mol. The van der Waals surface area contributed by atoms with E-state index in [2.05, 4.69) is 5.16 Å². The number of benzene rings is 1. The number of piperidine rings is 1. The first-order valence-corrected chi connectivity index (χ1v) is 8.38. The first kappa shape index (κ1) is 15.8. The van der Waals surface area contributed by atoms with Gasteiger partial charge in [0.15, 0.2) is 5.84 Å². The van der Waals surface area contributed by atoms with E-state index in [0.29, 0.717) is 23.4 Å². The Morgan fingerprint density at radius 3 is 2.76 bits per heavy atom. The van der Waals surface area contributed by atoms with Crippen molar-refractivity contribution in [3.8, 4) is 0 Å². The zero-order chi connectivity index (χ0) is 15.6. The summed E-state index contributed by atoms with van der Waals surface area (Å²) in [6.07, 6.45) is 2.21. The molecule has 3 N–H and O–H groups in total. The Kier molecular flexibility index (Phi) is 4.53. The van der Waals surface area contributed by atoms with Crippen LogP contribution in [0.4, 0.5) is 0 Å². The number of oxime groups is 1. The minimum Gasteiger partial charge on any atom is -0.409 e. The van der Waals surface area contributed by atoms with Crippen LogP contribution in [0.25, 0.3) is 0 Å². The van der Waals surface area contributed by atoms with E-state index >= 15 is 0 Å². The van der Waals surface area contributed by atoms with Gasteiger partial charge < -0.3 is 10.9 Å². The van der Waals surface area contributed by atoms with Gasteiger partial charge >= 0.3 is 0 Å². The molecule has 0 radical (unpaired) electrons. The monoisotopic (exact) mass is 311 g/mol. The summed E-state index contributed by atoms with van der Waals surface area (Å²) in [7, 11) is -3.66. The molecule has 2 rings (SSSR count). The minimum absolute atomic E-state index is 0.0522. The molecule has 1 unspecified atom stereocenters. The fourth-order valence-corrected chi connectivity index (χ4v) is 4.65. The molecule has 0 aliphatic carbocycles. The minimum atomic E-state index is -3.66. The van der Waals surface area contributed by atoms with E-state index in [4.69, 9.17) is 10.9 Å². The maximum atomic E-state index is 12.9. The van der Waals surface area contributed by atoms with Crippen LogP contribution in [0.3, 0.4) is 0 Å². The van der Waals surface area contributed by atoms with Crippen LogP contribution >= 0.6 is 0 Å². The highest BCUT2D eigenvalue weighted by Gasteiger charge is 2.36. The van der Waals surface area contributed by atoms with Crippen molar-refractivity contribution in [2.75, 3.05) is 6.54 Å². The Balaban J connectivity index is 2.48. The summed E-state index contributed by atoms with van der Waals surface area (Å²) >= 11 is 0. The number of rotatable bonds is 3. The highest BCUT2D eigenvalue weighted by atomic mass is 32.2. The molecule has 0 amide bonds. The third kappa shape index (κ3) is 3.03. The molecular weight excluding hydrogens is 290 g/mol. The van der Waals surface area contributed by atoms with Gasteiger partial charge in [-0.3, -0.25) is 0 Å². The fourth-order valence-electron chi connectivity index (χ4n) is 2.67. The van der Waals surface area contributed by atoms with E-state index in [0.717, 1.165) is 18.4 Å². The van der Waals surface area contributed by atoms with E-state index in [-0.39, 0.29) is 5.84 Å². The Morgan fingerprint density at radius 2 is 2.10 bits per heavy atom. The van der Waals surface area contributed by atoms with Crippen molar-refractivity contribution in [1.29, 1.82) is 0 Å². The van der Waals surface area contributed by atoms with Crippen LogP contribution in [-0.4, -0.2) is 36.4 Å². The molecule has 1 fully saturated rings. The van der Waals surface area contributed by atoms with Crippen molar-refractivity contribution in [1.82, 2.24) is 4.31 Å². The summed E-state index contributed by atoms with van der Waals surface area (Å²) in [5.41, 5.74) is 7.26. The third-order valence-corrected chi connectivity index (χ3v) is 5.89. The number of hydrogen-bond donors (Lipinski definition) is 2. The number of aryl methyl sites for hydroxylation is 2. The molecule has 1 aliphatic rings. The molecule has 7 heteroatoms. The van der Waals surface area contributed by atoms with Crippen molar-refractivity contribution in [2.45, 2.75) is 44.0 Å². The number of hydrogen-bond acceptors (Lipinski definition) is 4. The summed E-state index contributed by atoms with van der Waals surface area (Å²) < 4.78 is 27.2. The zero-order valence-electron chi connectivity index (χ0n) is 12.3. The summed E-state index contributed by atoms with van der Waals surface area (Å²) in [5.74, 6) is -0.0522. The molecule has 1 aromatic rings. The van der Waals surface area contributed by atoms with Crippen LogP contribution in [0, 0.1) is 13.8 Å². The quantitative estimate of drug-likeness (QED) is 0.383. The largest absolute Gasteiger partial charge is 0.409 e. The van der Waals surface area contributed by atoms with E-state index < -0.39 is 16.1 Å². The summed E-state index contributed by atoms with van der Waals surface area (Å²) in [5, 5.41) is 11.9. The molecule has 6 nitrogen and oxygen atoms in total. The summed E-state index contributed by atoms with van der Waals surface area (Å²) in [6, 6.07) is 4.77. The third-order valence-electron chi connectivity index (χ3n) is 3.84. The molecule has 21 heavy (non-hydrogen) atoms. The second kappa shape index (κ2) is 6.03. The topological polar surface area (TPSA) is 96.0 Å². The predicted octanol–water partition coefficient (Wildman–Crippen LogP) is 1.59. The lowest BCUT2D eigenvalue weighted by atomic mass is 10.0. The second-order valence-electron chi connectivity index (χ2n) is 5.42. The molecule has 1 aliphatic heterocycles. The van der Waals surface area contributed by atoms with Crippen molar-refractivity contribution in [3.05, 3.63) is 29.3 Å². The molecule has 0 spiro atoms. The molecule has 116 valence electrons. The van der Waals surface area contributed by atoms with Gasteiger partial charge in [-0.2, -0.15) is 4.31 Å². The van der Waals surface area contributed by atoms with E-state index in [1.54, 1.807) is 19.1 Å². The van der Waals surface area contributed by atoms with E-state index in [9.17, 15) is 8.42 Å². The number of nitrogens with two attached hydrogens (primary N) is 1. The number of amidine groups is 1. The molecule has 0 bridgehead atoms. The smallest absolute Gasteiger partial charge is 0.244 e. The highest BCUT2D eigenvalue weighted by Crippen LogP contribution is 2.27.